The second-order valence-electron chi connectivity index (χ2n) is 19.1. The highest BCUT2D eigenvalue weighted by molar-refractivity contribution is 5.65. The smallest absolute Gasteiger partial charge is 0.303 e. The molecule has 0 saturated carbocycles. The molecular formula is C55H54N8O20. The number of nitrogens with zero attached hydrogens (tertiary/aromatic N) is 8. The number of phenols is 2. The normalized spacial score (nSPS) is 20.0. The van der Waals surface area contributed by atoms with Gasteiger partial charge < -0.3 is 58.3 Å². The molecule has 10 bridgehead atoms. The Morgan fingerprint density at radius 1 is 0.518 bits per heavy atom. The maximum absolute atomic E-state index is 12.3. The molecule has 28 heteroatoms. The maximum Gasteiger partial charge on any atom is 0.303 e. The molecule has 1 saturated heterocycles. The molecule has 0 aromatic heterocycles. The number of benzene rings is 6. The van der Waals surface area contributed by atoms with E-state index < -0.39 is 79.8 Å². The third-order valence-electron chi connectivity index (χ3n) is 13.7. The van der Waals surface area contributed by atoms with Crippen LogP contribution < -0.4 is 9.47 Å². The van der Waals surface area contributed by atoms with Gasteiger partial charge in [0, 0.05) is 67.2 Å². The van der Waals surface area contributed by atoms with E-state index in [1.54, 1.807) is 36.4 Å². The van der Waals surface area contributed by atoms with Crippen molar-refractivity contribution in [1.29, 1.82) is 0 Å². The summed E-state index contributed by atoms with van der Waals surface area (Å²) in [5.74, 6) is 0.325. The van der Waals surface area contributed by atoms with E-state index in [0.29, 0.717) is 56.0 Å². The van der Waals surface area contributed by atoms with E-state index in [9.17, 15) is 60.9 Å². The first-order chi connectivity index (χ1) is 40.1. The predicted molar refractivity (Wildman–Crippen MR) is 289 cm³/mol. The van der Waals surface area contributed by atoms with Crippen LogP contribution in [0.3, 0.4) is 0 Å². The molecule has 3 heterocycles. The second kappa shape index (κ2) is 26.7. The molecule has 434 valence electrons. The Hall–Kier alpha value is -9.00. The number of azo groups is 2. The number of phenolic OH excluding ortho intramolecular Hbond substituents is 2. The lowest BCUT2D eigenvalue weighted by Crippen LogP contribution is -2.61. The molecule has 1 fully saturated rings. The van der Waals surface area contributed by atoms with Crippen LogP contribution in [0.15, 0.2) is 118 Å². The molecule has 5 atom stereocenters. The summed E-state index contributed by atoms with van der Waals surface area (Å²) in [6.07, 6.45) is -5.49. The van der Waals surface area contributed by atoms with Gasteiger partial charge in [-0.15, -0.1) is 10.2 Å². The first-order valence-electron chi connectivity index (χ1n) is 25.8. The fraction of sp³-hybridized carbons (Fsp3) is 0.345. The molecule has 4 aliphatic rings. The molecule has 0 radical (unpaired) electrons. The van der Waals surface area contributed by atoms with Crippen molar-refractivity contribution in [2.45, 2.75) is 56.4 Å². The third kappa shape index (κ3) is 13.9. The van der Waals surface area contributed by atoms with Crippen molar-refractivity contribution < 1.29 is 78.0 Å². The molecule has 6 aromatic carbocycles. The van der Waals surface area contributed by atoms with Gasteiger partial charge in [0.05, 0.1) is 89.4 Å². The van der Waals surface area contributed by atoms with Crippen LogP contribution >= 0.6 is 0 Å². The lowest BCUT2D eigenvalue weighted by molar-refractivity contribution is -0.394. The number of aromatic hydroxyl groups is 2. The van der Waals surface area contributed by atoms with Crippen molar-refractivity contribution in [3.8, 4) is 23.0 Å². The number of nitro benzene ring substituents is 4. The van der Waals surface area contributed by atoms with Gasteiger partial charge in [-0.2, -0.15) is 10.2 Å². The van der Waals surface area contributed by atoms with Crippen molar-refractivity contribution in [2.75, 3.05) is 66.6 Å². The van der Waals surface area contributed by atoms with Crippen LogP contribution in [0.1, 0.15) is 44.5 Å². The molecular weight excluding hydrogens is 1090 g/mol. The number of aliphatic hydroxyl groups excluding tert-OH is 2. The fourth-order valence-electron chi connectivity index (χ4n) is 9.79. The third-order valence-corrected chi connectivity index (χ3v) is 13.7. The van der Waals surface area contributed by atoms with Gasteiger partial charge in [-0.05, 0) is 58.7 Å². The van der Waals surface area contributed by atoms with Crippen molar-refractivity contribution in [3.63, 3.8) is 0 Å². The number of nitro groups is 4. The number of ether oxygens (including phenoxy) is 8. The zero-order valence-corrected chi connectivity index (χ0v) is 44.2. The van der Waals surface area contributed by atoms with Gasteiger partial charge in [0.1, 0.15) is 60.6 Å². The summed E-state index contributed by atoms with van der Waals surface area (Å²) in [6.45, 7) is -0.704. The average molecular weight is 1150 g/mol. The molecule has 3 aliphatic heterocycles. The standard InChI is InChI=1S/C55H54N8O20/c1-76-55-54-53(50(67)47(30-64)83-55)81-18-14-77-12-16-79-51-31-4-2-5-32(51)21-36-25-40(57-59-44-11-9-42(61(70)71)29-46(44)63(74)75)27-38(49(36)66)23-34-7-3-6-33(52(34)80-17-13-78-15-19-82-54)22-37-26-39(24-35(20-31)48(37)65)56-58-43-10-8-41(60(68)69)28-45(43)62(72)73/h2-11,24-29,47,50,53-55,64-67H,12-23,30H2,1H3/t47?,50-,53+,54-,55+/m1/s1. The maximum atomic E-state index is 12.3. The minimum Gasteiger partial charge on any atom is -0.507 e. The second-order valence-corrected chi connectivity index (χ2v) is 19.1. The van der Waals surface area contributed by atoms with Crippen LogP contribution in [0.2, 0.25) is 0 Å². The van der Waals surface area contributed by atoms with Gasteiger partial charge in [-0.1, -0.05) is 36.4 Å². The van der Waals surface area contributed by atoms with Crippen LogP contribution in [0, 0.1) is 40.5 Å². The number of methoxy groups -OCH3 is 1. The molecule has 1 aliphatic carbocycles. The Morgan fingerprint density at radius 2 is 0.916 bits per heavy atom. The molecule has 0 spiro atoms. The fourth-order valence-corrected chi connectivity index (χ4v) is 9.79. The van der Waals surface area contributed by atoms with Gasteiger partial charge in [0.15, 0.2) is 17.7 Å². The topological polar surface area (TPSA) is 377 Å². The molecule has 6 aromatic rings. The summed E-state index contributed by atoms with van der Waals surface area (Å²) in [5.41, 5.74) is 0.655. The highest BCUT2D eigenvalue weighted by Crippen LogP contribution is 2.43. The van der Waals surface area contributed by atoms with Crippen LogP contribution in [0.25, 0.3) is 0 Å². The first-order valence-corrected chi connectivity index (χ1v) is 25.8. The number of hydrogen-bond acceptors (Lipinski definition) is 24. The number of aliphatic hydroxyl groups is 2. The Labute approximate surface area is 470 Å². The quantitative estimate of drug-likeness (QED) is 0.0431. The Bertz CT molecular complexity index is 3290. The first kappa shape index (κ1) is 58.6. The Kier molecular flexibility index (Phi) is 18.9. The molecule has 0 amide bonds. The molecule has 10 rings (SSSR count). The van der Waals surface area contributed by atoms with Gasteiger partial charge >= 0.3 is 11.4 Å². The minimum atomic E-state index is -1.31. The summed E-state index contributed by atoms with van der Waals surface area (Å²) < 4.78 is 48.6. The largest absolute Gasteiger partial charge is 0.507 e. The van der Waals surface area contributed by atoms with Crippen molar-refractivity contribution >= 4 is 45.5 Å². The summed E-state index contributed by atoms with van der Waals surface area (Å²) in [6, 6.07) is 22.5. The Morgan fingerprint density at radius 3 is 1.29 bits per heavy atom. The van der Waals surface area contributed by atoms with Gasteiger partial charge in [0.2, 0.25) is 0 Å². The summed E-state index contributed by atoms with van der Waals surface area (Å²) in [5, 5.41) is 110. The van der Waals surface area contributed by atoms with E-state index in [0.717, 1.165) is 36.4 Å². The zero-order chi connectivity index (χ0) is 58.7. The van der Waals surface area contributed by atoms with Crippen molar-refractivity contribution in [1.82, 2.24) is 0 Å². The Balaban J connectivity index is 1.17. The minimum absolute atomic E-state index is 0.000722. The highest BCUT2D eigenvalue weighted by atomic mass is 16.7. The SMILES string of the molecule is CO[C@H]1OC(CO)[C@@H](O)[C@@H]2OCCOCCOc3c4cccc3Cc3cc(N=Nc5ccc([N+](=O)[O-])cc5[N+](=O)[O-])cc(c3O)Cc3cccc(c3OCCOCCO[C@@H]12)Cc1cc(N=Nc2ccc([N+](=O)[O-])cc2[N+](=O)[O-])cc(c1O)C4. The summed E-state index contributed by atoms with van der Waals surface area (Å²) in [4.78, 5) is 44.0. The van der Waals surface area contributed by atoms with Crippen LogP contribution in [-0.4, -0.2) is 137 Å². The van der Waals surface area contributed by atoms with Crippen molar-refractivity contribution in [3.05, 3.63) is 182 Å². The predicted octanol–water partition coefficient (Wildman–Crippen LogP) is 8.54. The molecule has 83 heavy (non-hydrogen) atoms. The number of para-hydroxylation sites is 2. The van der Waals surface area contributed by atoms with E-state index in [-0.39, 0.29) is 113 Å². The molecule has 28 nitrogen and oxygen atoms in total. The van der Waals surface area contributed by atoms with Crippen LogP contribution in [0.5, 0.6) is 23.0 Å². The number of fused-ring (bicyclic) bond motifs is 12. The van der Waals surface area contributed by atoms with Crippen molar-refractivity contribution in [2.24, 2.45) is 20.5 Å². The highest BCUT2D eigenvalue weighted by Gasteiger charge is 2.47. The van der Waals surface area contributed by atoms with E-state index in [1.165, 1.54) is 31.4 Å². The van der Waals surface area contributed by atoms with E-state index in [2.05, 4.69) is 20.5 Å². The van der Waals surface area contributed by atoms with E-state index >= 15 is 0 Å². The van der Waals surface area contributed by atoms with Crippen LogP contribution in [0.4, 0.5) is 45.5 Å². The number of rotatable bonds is 10. The lowest BCUT2D eigenvalue weighted by atomic mass is 9.91. The summed E-state index contributed by atoms with van der Waals surface area (Å²) in [7, 11) is 1.39. The van der Waals surface area contributed by atoms with Gasteiger partial charge in [0.25, 0.3) is 11.4 Å². The van der Waals surface area contributed by atoms with E-state index in [1.807, 2.05) is 0 Å². The lowest BCUT2D eigenvalue weighted by Gasteiger charge is -2.43. The molecule has 1 unspecified atom stereocenters. The summed E-state index contributed by atoms with van der Waals surface area (Å²) >= 11 is 0. The average Bonchev–Trinajstić information content (AvgIpc) is 3.46. The van der Waals surface area contributed by atoms with Gasteiger partial charge in [-0.3, -0.25) is 40.5 Å². The van der Waals surface area contributed by atoms with E-state index in [4.69, 9.17) is 37.9 Å². The number of hydrogen-bond donors (Lipinski definition) is 4. The number of non-ortho nitro benzene ring substituents is 2. The van der Waals surface area contributed by atoms with Crippen LogP contribution in [-0.2, 0) is 54.1 Å². The monoisotopic (exact) mass is 1150 g/mol. The molecule has 4 N–H and O–H groups in total. The van der Waals surface area contributed by atoms with Gasteiger partial charge in [-0.25, -0.2) is 0 Å². The zero-order valence-electron chi connectivity index (χ0n) is 44.2.